The van der Waals surface area contributed by atoms with Gasteiger partial charge in [-0.25, -0.2) is 4.39 Å². The van der Waals surface area contributed by atoms with Crippen molar-refractivity contribution >= 4 is 21.9 Å². The van der Waals surface area contributed by atoms with E-state index in [9.17, 15) is 9.18 Å². The predicted octanol–water partition coefficient (Wildman–Crippen LogP) is 3.27. The highest BCUT2D eigenvalue weighted by Crippen LogP contribution is 2.25. The first-order valence-electron chi connectivity index (χ1n) is 6.38. The molecule has 2 rings (SSSR count). The molecule has 0 bridgehead atoms. The molecule has 2 atom stereocenters. The summed E-state index contributed by atoms with van der Waals surface area (Å²) in [4.78, 5) is 13.1. The van der Waals surface area contributed by atoms with Crippen LogP contribution >= 0.6 is 15.9 Å². The van der Waals surface area contributed by atoms with E-state index in [1.54, 1.807) is 6.07 Å². The molecule has 2 unspecified atom stereocenters. The Bertz CT molecular complexity index is 481. The third kappa shape index (κ3) is 3.54. The fourth-order valence-corrected chi connectivity index (χ4v) is 2.80. The van der Waals surface area contributed by atoms with Crippen molar-refractivity contribution < 1.29 is 14.3 Å². The summed E-state index contributed by atoms with van der Waals surface area (Å²) in [5.41, 5.74) is 0.612. The van der Waals surface area contributed by atoms with Crippen LogP contribution in [0.5, 0.6) is 0 Å². The number of hydrogen-bond donors (Lipinski definition) is 1. The van der Waals surface area contributed by atoms with Gasteiger partial charge < -0.3 is 5.11 Å². The number of piperidine rings is 1. The van der Waals surface area contributed by atoms with E-state index in [0.29, 0.717) is 35.6 Å². The van der Waals surface area contributed by atoms with Crippen LogP contribution in [0.4, 0.5) is 4.39 Å². The van der Waals surface area contributed by atoms with Crippen molar-refractivity contribution in [1.82, 2.24) is 4.90 Å². The minimum Gasteiger partial charge on any atom is -0.481 e. The van der Waals surface area contributed by atoms with Crippen LogP contribution in [-0.2, 0) is 11.3 Å². The third-order valence-corrected chi connectivity index (χ3v) is 4.24. The van der Waals surface area contributed by atoms with Gasteiger partial charge in [0.05, 0.1) is 5.92 Å². The number of aliphatic carboxylic acids is 1. The van der Waals surface area contributed by atoms with E-state index in [4.69, 9.17) is 5.11 Å². The van der Waals surface area contributed by atoms with Crippen molar-refractivity contribution in [2.45, 2.75) is 32.4 Å². The molecule has 1 N–H and O–H groups in total. The molecule has 0 saturated carbocycles. The maximum Gasteiger partial charge on any atom is 0.307 e. The molecule has 1 aliphatic rings. The predicted molar refractivity (Wildman–Crippen MR) is 74.3 cm³/mol. The summed E-state index contributed by atoms with van der Waals surface area (Å²) in [6.07, 6.45) is 1.55. The monoisotopic (exact) mass is 329 g/mol. The van der Waals surface area contributed by atoms with Crippen LogP contribution in [0.1, 0.15) is 25.3 Å². The Balaban J connectivity index is 2.09. The van der Waals surface area contributed by atoms with Crippen LogP contribution in [0, 0.1) is 11.7 Å². The Kier molecular flexibility index (Phi) is 4.58. The first kappa shape index (κ1) is 14.5. The lowest BCUT2D eigenvalue weighted by atomic mass is 9.93. The van der Waals surface area contributed by atoms with E-state index in [1.807, 2.05) is 6.07 Å². The molecule has 0 spiro atoms. The maximum absolute atomic E-state index is 13.8. The van der Waals surface area contributed by atoms with Gasteiger partial charge in [0, 0.05) is 29.2 Å². The molecule has 3 nitrogen and oxygen atoms in total. The summed E-state index contributed by atoms with van der Waals surface area (Å²) in [5.74, 6) is -1.35. The summed E-state index contributed by atoms with van der Waals surface area (Å²) in [6, 6.07) is 5.29. The van der Waals surface area contributed by atoms with Gasteiger partial charge in [0.1, 0.15) is 5.82 Å². The quantitative estimate of drug-likeness (QED) is 0.925. The number of halogens is 2. The van der Waals surface area contributed by atoms with Crippen molar-refractivity contribution in [3.63, 3.8) is 0 Å². The van der Waals surface area contributed by atoms with Gasteiger partial charge in [0.2, 0.25) is 0 Å². The lowest BCUT2D eigenvalue weighted by molar-refractivity contribution is -0.144. The molecule has 1 fully saturated rings. The van der Waals surface area contributed by atoms with E-state index in [0.717, 1.165) is 6.42 Å². The number of benzene rings is 1. The molecule has 1 aromatic carbocycles. The number of nitrogens with zero attached hydrogens (tertiary/aromatic N) is 1. The average molecular weight is 330 g/mol. The van der Waals surface area contributed by atoms with Crippen LogP contribution in [0.15, 0.2) is 22.7 Å². The molecule has 5 heteroatoms. The molecule has 0 aromatic heterocycles. The fourth-order valence-electron chi connectivity index (χ4n) is 2.47. The maximum atomic E-state index is 13.8. The number of carboxylic acid groups (broad SMARTS) is 1. The molecule has 1 aliphatic heterocycles. The third-order valence-electron chi connectivity index (χ3n) is 3.75. The normalized spacial score (nSPS) is 24.4. The molecule has 0 aliphatic carbocycles. The molecule has 1 heterocycles. The fraction of sp³-hybridized carbons (Fsp3) is 0.500. The van der Waals surface area contributed by atoms with Gasteiger partial charge in [0.15, 0.2) is 0 Å². The Morgan fingerprint density at radius 1 is 1.53 bits per heavy atom. The molecule has 0 radical (unpaired) electrons. The zero-order valence-corrected chi connectivity index (χ0v) is 12.4. The number of carbonyl (C=O) groups is 1. The van der Waals surface area contributed by atoms with Crippen molar-refractivity contribution in [1.29, 1.82) is 0 Å². The van der Waals surface area contributed by atoms with E-state index in [1.165, 1.54) is 6.07 Å². The van der Waals surface area contributed by atoms with Gasteiger partial charge in [0.25, 0.3) is 0 Å². The molecular weight excluding hydrogens is 313 g/mol. The molecule has 1 saturated heterocycles. The highest BCUT2D eigenvalue weighted by atomic mass is 79.9. The van der Waals surface area contributed by atoms with E-state index in [2.05, 4.69) is 27.8 Å². The SMILES string of the molecule is CC1CCC(C(=O)O)CN1Cc1ccc(Br)cc1F. The van der Waals surface area contributed by atoms with Gasteiger partial charge in [-0.1, -0.05) is 22.0 Å². The average Bonchev–Trinajstić information content (AvgIpc) is 2.34. The Labute approximate surface area is 120 Å². The first-order chi connectivity index (χ1) is 8.97. The summed E-state index contributed by atoms with van der Waals surface area (Å²) >= 11 is 3.23. The molecule has 0 amide bonds. The molecule has 19 heavy (non-hydrogen) atoms. The van der Waals surface area contributed by atoms with Crippen molar-refractivity contribution in [3.05, 3.63) is 34.1 Å². The van der Waals surface area contributed by atoms with Crippen LogP contribution in [-0.4, -0.2) is 28.6 Å². The zero-order chi connectivity index (χ0) is 14.0. The van der Waals surface area contributed by atoms with Gasteiger partial charge in [-0.3, -0.25) is 9.69 Å². The zero-order valence-electron chi connectivity index (χ0n) is 10.8. The van der Waals surface area contributed by atoms with E-state index in [-0.39, 0.29) is 11.7 Å². The molecule has 1 aromatic rings. The minimum atomic E-state index is -0.756. The number of carboxylic acids is 1. The Morgan fingerprint density at radius 2 is 2.26 bits per heavy atom. The number of rotatable bonds is 3. The highest BCUT2D eigenvalue weighted by molar-refractivity contribution is 9.10. The first-order valence-corrected chi connectivity index (χ1v) is 7.17. The van der Waals surface area contributed by atoms with Crippen LogP contribution in [0.25, 0.3) is 0 Å². The summed E-state index contributed by atoms with van der Waals surface area (Å²) in [6.45, 7) is 3.02. The van der Waals surface area contributed by atoms with Gasteiger partial charge in [-0.2, -0.15) is 0 Å². The van der Waals surface area contributed by atoms with Gasteiger partial charge in [-0.05, 0) is 31.9 Å². The van der Waals surface area contributed by atoms with Crippen molar-refractivity contribution in [2.24, 2.45) is 5.92 Å². The largest absolute Gasteiger partial charge is 0.481 e. The van der Waals surface area contributed by atoms with Crippen LogP contribution < -0.4 is 0 Å². The van der Waals surface area contributed by atoms with Gasteiger partial charge >= 0.3 is 5.97 Å². The molecular formula is C14H17BrFNO2. The van der Waals surface area contributed by atoms with Crippen LogP contribution in [0.3, 0.4) is 0 Å². The van der Waals surface area contributed by atoms with E-state index >= 15 is 0 Å². The lowest BCUT2D eigenvalue weighted by Gasteiger charge is -2.36. The molecule has 104 valence electrons. The summed E-state index contributed by atoms with van der Waals surface area (Å²) in [7, 11) is 0. The van der Waals surface area contributed by atoms with Crippen molar-refractivity contribution in [2.75, 3.05) is 6.54 Å². The second kappa shape index (κ2) is 6.01. The van der Waals surface area contributed by atoms with E-state index < -0.39 is 5.97 Å². The number of hydrogen-bond acceptors (Lipinski definition) is 2. The second-order valence-electron chi connectivity index (χ2n) is 5.13. The smallest absolute Gasteiger partial charge is 0.307 e. The highest BCUT2D eigenvalue weighted by Gasteiger charge is 2.29. The van der Waals surface area contributed by atoms with Gasteiger partial charge in [-0.15, -0.1) is 0 Å². The second-order valence-corrected chi connectivity index (χ2v) is 6.04. The minimum absolute atomic E-state index is 0.251. The summed E-state index contributed by atoms with van der Waals surface area (Å²) < 4.78 is 14.5. The number of likely N-dealkylation sites (tertiary alicyclic amines) is 1. The van der Waals surface area contributed by atoms with Crippen LogP contribution in [0.2, 0.25) is 0 Å². The summed E-state index contributed by atoms with van der Waals surface area (Å²) in [5, 5.41) is 9.09. The Morgan fingerprint density at radius 3 is 2.89 bits per heavy atom. The topological polar surface area (TPSA) is 40.5 Å². The Hall–Kier alpha value is -0.940. The lowest BCUT2D eigenvalue weighted by Crippen LogP contribution is -2.43. The standard InChI is InChI=1S/C14H17BrFNO2/c1-9-2-3-11(14(18)19)8-17(9)7-10-4-5-12(15)6-13(10)16/h4-6,9,11H,2-3,7-8H2,1H3,(H,18,19). The van der Waals surface area contributed by atoms with Crippen molar-refractivity contribution in [3.8, 4) is 0 Å².